The number of hydrogen-bond donors (Lipinski definition) is 2. The summed E-state index contributed by atoms with van der Waals surface area (Å²) >= 11 is 0. The van der Waals surface area contributed by atoms with Gasteiger partial charge in [0.1, 0.15) is 5.75 Å². The molecule has 2 rings (SSSR count). The van der Waals surface area contributed by atoms with Crippen LogP contribution >= 0.6 is 0 Å². The molecule has 0 aliphatic carbocycles. The molecule has 0 fully saturated rings. The van der Waals surface area contributed by atoms with Gasteiger partial charge in [0.15, 0.2) is 11.5 Å². The number of benzene rings is 2. The van der Waals surface area contributed by atoms with Gasteiger partial charge in [-0.3, -0.25) is 9.59 Å². The highest BCUT2D eigenvalue weighted by atomic mass is 16.5. The summed E-state index contributed by atoms with van der Waals surface area (Å²) in [6.07, 6.45) is 1.35. The molecule has 9 nitrogen and oxygen atoms in total. The van der Waals surface area contributed by atoms with Gasteiger partial charge in [-0.2, -0.15) is 5.10 Å². The second-order valence-corrected chi connectivity index (χ2v) is 5.34. The molecule has 0 heterocycles. The third-order valence-corrected chi connectivity index (χ3v) is 3.62. The van der Waals surface area contributed by atoms with Crippen molar-refractivity contribution < 1.29 is 28.5 Å². The predicted molar refractivity (Wildman–Crippen MR) is 103 cm³/mol. The first kappa shape index (κ1) is 20.6. The Hall–Kier alpha value is -3.75. The molecular formula is C19H21N3O6. The topological polar surface area (TPSA) is 107 Å². The quantitative estimate of drug-likeness (QED) is 0.426. The van der Waals surface area contributed by atoms with Crippen molar-refractivity contribution >= 4 is 23.7 Å². The first-order valence-corrected chi connectivity index (χ1v) is 8.10. The summed E-state index contributed by atoms with van der Waals surface area (Å²) < 4.78 is 20.7. The van der Waals surface area contributed by atoms with E-state index in [1.165, 1.54) is 34.7 Å². The molecule has 9 heteroatoms. The van der Waals surface area contributed by atoms with E-state index in [0.29, 0.717) is 34.2 Å². The van der Waals surface area contributed by atoms with Gasteiger partial charge in [0.05, 0.1) is 34.7 Å². The zero-order chi connectivity index (χ0) is 20.5. The molecule has 0 aliphatic rings. The number of methoxy groups -OCH3 is 4. The van der Waals surface area contributed by atoms with Crippen LogP contribution in [-0.2, 0) is 9.59 Å². The summed E-state index contributed by atoms with van der Waals surface area (Å²) in [5, 5.41) is 6.24. The van der Waals surface area contributed by atoms with Crippen LogP contribution in [0.3, 0.4) is 0 Å². The van der Waals surface area contributed by atoms with Gasteiger partial charge in [-0.25, -0.2) is 5.43 Å². The summed E-state index contributed by atoms with van der Waals surface area (Å²) in [5.41, 5.74) is 3.19. The van der Waals surface area contributed by atoms with E-state index in [1.54, 1.807) is 36.4 Å². The number of carbonyl (C=O) groups excluding carboxylic acids is 2. The fraction of sp³-hybridized carbons (Fsp3) is 0.211. The van der Waals surface area contributed by atoms with Crippen molar-refractivity contribution in [2.24, 2.45) is 5.10 Å². The third kappa shape index (κ3) is 5.13. The van der Waals surface area contributed by atoms with Crippen LogP contribution in [0.15, 0.2) is 41.5 Å². The van der Waals surface area contributed by atoms with Crippen LogP contribution in [0.1, 0.15) is 5.56 Å². The summed E-state index contributed by atoms with van der Waals surface area (Å²) in [6, 6.07) is 9.85. The Kier molecular flexibility index (Phi) is 7.21. The predicted octanol–water partition coefficient (Wildman–Crippen LogP) is 1.81. The minimum absolute atomic E-state index is 0.435. The van der Waals surface area contributed by atoms with Crippen LogP contribution in [-0.4, -0.2) is 46.5 Å². The molecular weight excluding hydrogens is 366 g/mol. The Bertz CT molecular complexity index is 839. The molecule has 2 amide bonds. The van der Waals surface area contributed by atoms with Gasteiger partial charge in [0, 0.05) is 11.3 Å². The molecule has 0 saturated carbocycles. The van der Waals surface area contributed by atoms with Crippen LogP contribution in [0.25, 0.3) is 0 Å². The maximum absolute atomic E-state index is 11.9. The van der Waals surface area contributed by atoms with Gasteiger partial charge in [-0.1, -0.05) is 0 Å². The molecule has 0 aliphatic heterocycles. The molecule has 2 N–H and O–H groups in total. The Labute approximate surface area is 162 Å². The number of nitrogens with one attached hydrogen (secondary N) is 2. The molecule has 0 atom stereocenters. The third-order valence-electron chi connectivity index (χ3n) is 3.62. The van der Waals surface area contributed by atoms with Gasteiger partial charge in [-0.05, 0) is 36.4 Å². The van der Waals surface area contributed by atoms with Crippen LogP contribution in [0.2, 0.25) is 0 Å². The molecule has 0 unspecified atom stereocenters. The number of hydrazone groups is 1. The van der Waals surface area contributed by atoms with Gasteiger partial charge in [0.2, 0.25) is 5.75 Å². The van der Waals surface area contributed by atoms with Crippen molar-refractivity contribution in [3.05, 3.63) is 42.0 Å². The van der Waals surface area contributed by atoms with Gasteiger partial charge >= 0.3 is 11.8 Å². The molecule has 0 bridgehead atoms. The second kappa shape index (κ2) is 9.81. The first-order valence-electron chi connectivity index (χ1n) is 8.10. The lowest BCUT2D eigenvalue weighted by Gasteiger charge is -2.12. The first-order chi connectivity index (χ1) is 13.5. The fourth-order valence-electron chi connectivity index (χ4n) is 2.25. The minimum Gasteiger partial charge on any atom is -0.497 e. The smallest absolute Gasteiger partial charge is 0.329 e. The van der Waals surface area contributed by atoms with Crippen molar-refractivity contribution in [2.75, 3.05) is 33.8 Å². The van der Waals surface area contributed by atoms with Crippen LogP contribution in [0, 0.1) is 0 Å². The maximum atomic E-state index is 11.9. The molecule has 0 aromatic heterocycles. The number of nitrogens with zero attached hydrogens (tertiary/aromatic N) is 1. The molecule has 28 heavy (non-hydrogen) atoms. The summed E-state index contributed by atoms with van der Waals surface area (Å²) in [7, 11) is 6.01. The average Bonchev–Trinajstić information content (AvgIpc) is 2.73. The lowest BCUT2D eigenvalue weighted by atomic mass is 10.2. The Morgan fingerprint density at radius 3 is 1.96 bits per heavy atom. The van der Waals surface area contributed by atoms with E-state index in [1.807, 2.05) is 0 Å². The fourth-order valence-corrected chi connectivity index (χ4v) is 2.25. The van der Waals surface area contributed by atoms with Crippen LogP contribution in [0.5, 0.6) is 23.0 Å². The number of amides is 2. The lowest BCUT2D eigenvalue weighted by Crippen LogP contribution is -2.32. The van der Waals surface area contributed by atoms with Gasteiger partial charge < -0.3 is 24.3 Å². The maximum Gasteiger partial charge on any atom is 0.329 e. The number of carbonyl (C=O) groups is 2. The number of hydrogen-bond acceptors (Lipinski definition) is 7. The summed E-state index contributed by atoms with van der Waals surface area (Å²) in [4.78, 5) is 23.8. The normalized spacial score (nSPS) is 10.3. The molecule has 2 aromatic rings. The minimum atomic E-state index is -0.917. The van der Waals surface area contributed by atoms with E-state index in [9.17, 15) is 9.59 Å². The van der Waals surface area contributed by atoms with E-state index in [0.717, 1.165) is 0 Å². The van der Waals surface area contributed by atoms with Crippen LogP contribution < -0.4 is 29.7 Å². The monoisotopic (exact) mass is 387 g/mol. The van der Waals surface area contributed by atoms with Crippen molar-refractivity contribution in [3.8, 4) is 23.0 Å². The standard InChI is InChI=1S/C19H21N3O6/c1-25-14-7-5-13(6-8-14)21-18(23)19(24)22-20-11-12-9-15(26-2)17(28-4)16(10-12)27-3/h5-11H,1-4H3,(H,21,23)(H,22,24). The largest absolute Gasteiger partial charge is 0.497 e. The highest BCUT2D eigenvalue weighted by Gasteiger charge is 2.14. The zero-order valence-electron chi connectivity index (χ0n) is 15.9. The van der Waals surface area contributed by atoms with E-state index in [2.05, 4.69) is 15.8 Å². The molecule has 148 valence electrons. The summed E-state index contributed by atoms with van der Waals surface area (Å²) in [5.74, 6) is 0.174. The van der Waals surface area contributed by atoms with E-state index < -0.39 is 11.8 Å². The Morgan fingerprint density at radius 1 is 0.857 bits per heavy atom. The summed E-state index contributed by atoms with van der Waals surface area (Å²) in [6.45, 7) is 0. The average molecular weight is 387 g/mol. The van der Waals surface area contributed by atoms with E-state index >= 15 is 0 Å². The van der Waals surface area contributed by atoms with Gasteiger partial charge in [0.25, 0.3) is 0 Å². The number of ether oxygens (including phenoxy) is 4. The molecule has 0 radical (unpaired) electrons. The zero-order valence-corrected chi connectivity index (χ0v) is 15.9. The molecule has 0 spiro atoms. The highest BCUT2D eigenvalue weighted by Crippen LogP contribution is 2.37. The Balaban J connectivity index is 2.01. The van der Waals surface area contributed by atoms with Crippen molar-refractivity contribution in [3.63, 3.8) is 0 Å². The number of anilines is 1. The van der Waals surface area contributed by atoms with Crippen LogP contribution in [0.4, 0.5) is 5.69 Å². The van der Waals surface area contributed by atoms with Crippen molar-refractivity contribution in [1.82, 2.24) is 5.43 Å². The van der Waals surface area contributed by atoms with Crippen molar-refractivity contribution in [2.45, 2.75) is 0 Å². The van der Waals surface area contributed by atoms with Crippen molar-refractivity contribution in [1.29, 1.82) is 0 Å². The van der Waals surface area contributed by atoms with Gasteiger partial charge in [-0.15, -0.1) is 0 Å². The SMILES string of the molecule is COc1ccc(NC(=O)C(=O)NN=Cc2cc(OC)c(OC)c(OC)c2)cc1. The molecule has 0 saturated heterocycles. The lowest BCUT2D eigenvalue weighted by molar-refractivity contribution is -0.136. The molecule has 2 aromatic carbocycles. The van der Waals surface area contributed by atoms with E-state index in [-0.39, 0.29) is 0 Å². The second-order valence-electron chi connectivity index (χ2n) is 5.34. The number of rotatable bonds is 7. The highest BCUT2D eigenvalue weighted by molar-refractivity contribution is 6.39. The van der Waals surface area contributed by atoms with E-state index in [4.69, 9.17) is 18.9 Å². The Morgan fingerprint density at radius 2 is 1.46 bits per heavy atom.